The van der Waals surface area contributed by atoms with Crippen molar-refractivity contribution in [1.29, 1.82) is 0 Å². The Morgan fingerprint density at radius 3 is 2.63 bits per heavy atom. The van der Waals surface area contributed by atoms with E-state index in [-0.39, 0.29) is 0 Å². The lowest BCUT2D eigenvalue weighted by Crippen LogP contribution is -2.14. The number of carbonyl (C=O) groups is 1. The van der Waals surface area contributed by atoms with Gasteiger partial charge in [-0.15, -0.1) is 11.8 Å². The first-order chi connectivity index (χ1) is 8.84. The number of halogens is 3. The van der Waals surface area contributed by atoms with Crippen molar-refractivity contribution in [1.82, 2.24) is 0 Å². The molecule has 0 fully saturated rings. The van der Waals surface area contributed by atoms with Crippen LogP contribution in [0.25, 0.3) is 0 Å². The fourth-order valence-corrected chi connectivity index (χ4v) is 3.14. The average molecular weight is 291 g/mol. The van der Waals surface area contributed by atoms with Crippen LogP contribution in [-0.4, -0.2) is 17.0 Å². The van der Waals surface area contributed by atoms with Crippen molar-refractivity contribution in [3.05, 3.63) is 33.4 Å². The number of thioether (sulfide) groups is 1. The molecule has 0 saturated carbocycles. The highest BCUT2D eigenvalue weighted by Crippen LogP contribution is 2.44. The molecule has 2 rings (SSSR count). The highest BCUT2D eigenvalue weighted by Gasteiger charge is 2.40. The van der Waals surface area contributed by atoms with Crippen LogP contribution in [0.5, 0.6) is 0 Å². The van der Waals surface area contributed by atoms with Crippen molar-refractivity contribution in [2.45, 2.75) is 23.4 Å². The first-order valence-corrected chi connectivity index (χ1v) is 6.30. The van der Waals surface area contributed by atoms with Crippen LogP contribution in [0.15, 0.2) is 17.0 Å². The first-order valence-electron chi connectivity index (χ1n) is 5.32. The normalized spacial score (nSPS) is 18.8. The van der Waals surface area contributed by atoms with Crippen molar-refractivity contribution in [3.63, 3.8) is 0 Å². The average Bonchev–Trinajstić information content (AvgIpc) is 2.35. The molecule has 8 heteroatoms. The number of hydrogen-bond donors (Lipinski definition) is 0. The summed E-state index contributed by atoms with van der Waals surface area (Å²) in [5.41, 5.74) is -1.96. The zero-order valence-electron chi connectivity index (χ0n) is 9.44. The molecule has 1 aliphatic heterocycles. The summed E-state index contributed by atoms with van der Waals surface area (Å²) in [6, 6.07) is 1.65. The molecule has 0 saturated heterocycles. The van der Waals surface area contributed by atoms with Gasteiger partial charge in [-0.05, 0) is 23.8 Å². The standard InChI is InChI=1S/C11H8F3NO3S/c12-11(13,14)8-4-10-7(3-9(8)15(17)18)6(5-16)1-2-19-10/h3-6H,1-2H2. The van der Waals surface area contributed by atoms with E-state index in [1.54, 1.807) is 0 Å². The second kappa shape index (κ2) is 4.84. The van der Waals surface area contributed by atoms with E-state index in [0.29, 0.717) is 28.9 Å². The summed E-state index contributed by atoms with van der Waals surface area (Å²) in [7, 11) is 0. The van der Waals surface area contributed by atoms with Crippen LogP contribution in [0.3, 0.4) is 0 Å². The van der Waals surface area contributed by atoms with E-state index in [2.05, 4.69) is 0 Å². The fraction of sp³-hybridized carbons (Fsp3) is 0.364. The number of nitro benzene ring substituents is 1. The Bertz CT molecular complexity index is 545. The molecule has 102 valence electrons. The Morgan fingerprint density at radius 2 is 2.11 bits per heavy atom. The zero-order valence-corrected chi connectivity index (χ0v) is 10.3. The van der Waals surface area contributed by atoms with Crippen molar-refractivity contribution in [2.75, 3.05) is 5.75 Å². The van der Waals surface area contributed by atoms with E-state index < -0.39 is 28.3 Å². The number of nitrogens with zero attached hydrogens (tertiary/aromatic N) is 1. The minimum atomic E-state index is -4.79. The predicted molar refractivity (Wildman–Crippen MR) is 62.2 cm³/mol. The summed E-state index contributed by atoms with van der Waals surface area (Å²) in [5, 5.41) is 10.8. The fourth-order valence-electron chi connectivity index (χ4n) is 1.97. The maximum Gasteiger partial charge on any atom is 0.423 e. The quantitative estimate of drug-likeness (QED) is 0.476. The lowest BCUT2D eigenvalue weighted by atomic mass is 9.95. The van der Waals surface area contributed by atoms with Crippen LogP contribution in [-0.2, 0) is 11.0 Å². The van der Waals surface area contributed by atoms with Crippen LogP contribution >= 0.6 is 11.8 Å². The molecular weight excluding hydrogens is 283 g/mol. The molecule has 0 aliphatic carbocycles. The minimum Gasteiger partial charge on any atom is -0.303 e. The van der Waals surface area contributed by atoms with Crippen molar-refractivity contribution in [2.24, 2.45) is 0 Å². The monoisotopic (exact) mass is 291 g/mol. The third-order valence-corrected chi connectivity index (χ3v) is 3.98. The van der Waals surface area contributed by atoms with E-state index in [1.807, 2.05) is 0 Å². The lowest BCUT2D eigenvalue weighted by molar-refractivity contribution is -0.388. The summed E-state index contributed by atoms with van der Waals surface area (Å²) < 4.78 is 38.3. The molecule has 1 aliphatic rings. The van der Waals surface area contributed by atoms with Gasteiger partial charge in [-0.2, -0.15) is 13.2 Å². The number of carbonyl (C=O) groups excluding carboxylic acids is 1. The van der Waals surface area contributed by atoms with Gasteiger partial charge >= 0.3 is 6.18 Å². The molecule has 19 heavy (non-hydrogen) atoms. The molecule has 0 bridgehead atoms. The van der Waals surface area contributed by atoms with E-state index in [0.717, 1.165) is 12.1 Å². The number of alkyl halides is 3. The summed E-state index contributed by atoms with van der Waals surface area (Å²) >= 11 is 1.18. The molecule has 1 unspecified atom stereocenters. The molecule has 1 aromatic carbocycles. The Labute approximate surface area is 110 Å². The van der Waals surface area contributed by atoms with Gasteiger partial charge in [-0.25, -0.2) is 0 Å². The highest BCUT2D eigenvalue weighted by molar-refractivity contribution is 7.99. The summed E-state index contributed by atoms with van der Waals surface area (Å²) in [5.74, 6) is -0.0526. The second-order valence-electron chi connectivity index (χ2n) is 4.04. The Hall–Kier alpha value is -1.57. The number of rotatable bonds is 2. The molecule has 0 spiro atoms. The van der Waals surface area contributed by atoms with E-state index in [1.165, 1.54) is 11.8 Å². The molecule has 1 aromatic rings. The summed E-state index contributed by atoms with van der Waals surface area (Å²) in [4.78, 5) is 20.9. The number of hydrogen-bond acceptors (Lipinski definition) is 4. The van der Waals surface area contributed by atoms with Crippen molar-refractivity contribution >= 4 is 23.7 Å². The van der Waals surface area contributed by atoms with E-state index in [9.17, 15) is 28.1 Å². The Kier molecular flexibility index (Phi) is 3.53. The van der Waals surface area contributed by atoms with Crippen molar-refractivity contribution in [3.8, 4) is 0 Å². The third kappa shape index (κ3) is 2.58. The molecule has 0 amide bonds. The van der Waals surface area contributed by atoms with Crippen LogP contribution in [0, 0.1) is 10.1 Å². The number of fused-ring (bicyclic) bond motifs is 1. The van der Waals surface area contributed by atoms with Gasteiger partial charge in [-0.3, -0.25) is 10.1 Å². The highest BCUT2D eigenvalue weighted by atomic mass is 32.2. The Morgan fingerprint density at radius 1 is 1.42 bits per heavy atom. The molecule has 0 aromatic heterocycles. The maximum atomic E-state index is 12.8. The molecule has 0 N–H and O–H groups in total. The predicted octanol–water partition coefficient (Wildman–Crippen LogP) is 3.39. The largest absolute Gasteiger partial charge is 0.423 e. The molecule has 0 radical (unpaired) electrons. The SMILES string of the molecule is O=CC1CCSc2cc(C(F)(F)F)c([N+](=O)[O-])cc21. The third-order valence-electron chi connectivity index (χ3n) is 2.88. The lowest BCUT2D eigenvalue weighted by Gasteiger charge is -2.21. The maximum absolute atomic E-state index is 12.8. The van der Waals surface area contributed by atoms with Gasteiger partial charge in [0.1, 0.15) is 11.8 Å². The molecule has 4 nitrogen and oxygen atoms in total. The van der Waals surface area contributed by atoms with Crippen LogP contribution in [0.1, 0.15) is 23.5 Å². The van der Waals surface area contributed by atoms with Gasteiger partial charge in [0.05, 0.1) is 4.92 Å². The molecule has 1 atom stereocenters. The Balaban J connectivity index is 2.65. The molecular formula is C11H8F3NO3S. The number of nitro groups is 1. The number of aldehydes is 1. The topological polar surface area (TPSA) is 60.2 Å². The first kappa shape index (κ1) is 13.9. The summed E-state index contributed by atoms with van der Waals surface area (Å²) in [6.07, 6.45) is -3.69. The smallest absolute Gasteiger partial charge is 0.303 e. The van der Waals surface area contributed by atoms with E-state index >= 15 is 0 Å². The van der Waals surface area contributed by atoms with Gasteiger partial charge in [0, 0.05) is 16.9 Å². The van der Waals surface area contributed by atoms with Crippen LogP contribution in [0.4, 0.5) is 18.9 Å². The zero-order chi connectivity index (χ0) is 14.2. The van der Waals surface area contributed by atoms with Gasteiger partial charge in [0.25, 0.3) is 5.69 Å². The van der Waals surface area contributed by atoms with Gasteiger partial charge in [0.2, 0.25) is 0 Å². The van der Waals surface area contributed by atoms with Gasteiger partial charge < -0.3 is 4.79 Å². The second-order valence-corrected chi connectivity index (χ2v) is 5.18. The molecule has 1 heterocycles. The van der Waals surface area contributed by atoms with Crippen LogP contribution < -0.4 is 0 Å². The van der Waals surface area contributed by atoms with Gasteiger partial charge in [0.15, 0.2) is 0 Å². The minimum absolute atomic E-state index is 0.293. The van der Waals surface area contributed by atoms with E-state index in [4.69, 9.17) is 0 Å². The van der Waals surface area contributed by atoms with Crippen LogP contribution in [0.2, 0.25) is 0 Å². The van der Waals surface area contributed by atoms with Crippen molar-refractivity contribution < 1.29 is 22.9 Å². The van der Waals surface area contributed by atoms with Gasteiger partial charge in [-0.1, -0.05) is 0 Å². The number of benzene rings is 1. The summed E-state index contributed by atoms with van der Waals surface area (Å²) in [6.45, 7) is 0.